The highest BCUT2D eigenvalue weighted by Crippen LogP contribution is 2.21. The molecular weight excluding hydrogens is 368 g/mol. The third-order valence-electron chi connectivity index (χ3n) is 3.66. The molecule has 0 radical (unpaired) electrons. The number of anilines is 2. The molecule has 0 aliphatic rings. The second-order valence-corrected chi connectivity index (χ2v) is 6.17. The van der Waals surface area contributed by atoms with Crippen molar-refractivity contribution in [3.05, 3.63) is 77.2 Å². The van der Waals surface area contributed by atoms with Crippen LogP contribution in [0.5, 0.6) is 5.75 Å². The predicted octanol–water partition coefficient (Wildman–Crippen LogP) is 4.51. The van der Waals surface area contributed by atoms with Gasteiger partial charge in [-0.05, 0) is 48.9 Å². The van der Waals surface area contributed by atoms with Crippen molar-refractivity contribution in [2.24, 2.45) is 0 Å². The van der Waals surface area contributed by atoms with Crippen molar-refractivity contribution in [1.82, 2.24) is 0 Å². The zero-order chi connectivity index (χ0) is 19.2. The Bertz CT molecular complexity index is 954. The maximum absolute atomic E-state index is 12.0. The minimum Gasteiger partial charge on any atom is -0.484 e. The molecule has 6 nitrogen and oxygen atoms in total. The van der Waals surface area contributed by atoms with Gasteiger partial charge in [0.2, 0.25) is 0 Å². The van der Waals surface area contributed by atoms with Gasteiger partial charge >= 0.3 is 0 Å². The molecule has 7 heteroatoms. The summed E-state index contributed by atoms with van der Waals surface area (Å²) in [6, 6.07) is 15.2. The predicted molar refractivity (Wildman–Crippen MR) is 103 cm³/mol. The first-order chi connectivity index (χ1) is 13.0. The number of hydrogen-bond acceptors (Lipinski definition) is 4. The third kappa shape index (κ3) is 5.12. The number of halogens is 1. The summed E-state index contributed by atoms with van der Waals surface area (Å²) in [5, 5.41) is 5.99. The van der Waals surface area contributed by atoms with Gasteiger partial charge in [0.25, 0.3) is 11.8 Å². The molecule has 3 rings (SSSR count). The van der Waals surface area contributed by atoms with Crippen LogP contribution in [0, 0.1) is 6.92 Å². The topological polar surface area (TPSA) is 80.6 Å². The average Bonchev–Trinajstić information content (AvgIpc) is 3.18. The molecule has 27 heavy (non-hydrogen) atoms. The lowest BCUT2D eigenvalue weighted by Gasteiger charge is -2.10. The zero-order valence-corrected chi connectivity index (χ0v) is 15.2. The summed E-state index contributed by atoms with van der Waals surface area (Å²) in [6.07, 6.45) is 1.42. The van der Waals surface area contributed by atoms with E-state index >= 15 is 0 Å². The van der Waals surface area contributed by atoms with E-state index in [-0.39, 0.29) is 24.2 Å². The molecule has 0 unspecified atom stereocenters. The molecule has 1 heterocycles. The van der Waals surface area contributed by atoms with Crippen molar-refractivity contribution >= 4 is 34.8 Å². The first-order valence-electron chi connectivity index (χ1n) is 8.15. The van der Waals surface area contributed by atoms with E-state index in [9.17, 15) is 9.59 Å². The molecular formula is C20H17ClN2O4. The SMILES string of the molecule is Cc1ccc(NC(=O)COc2cccc(NC(=O)c3ccco3)c2)cc1Cl. The van der Waals surface area contributed by atoms with Gasteiger partial charge < -0.3 is 19.8 Å². The van der Waals surface area contributed by atoms with E-state index in [4.69, 9.17) is 20.8 Å². The van der Waals surface area contributed by atoms with Crippen LogP contribution in [0.2, 0.25) is 5.02 Å². The molecule has 0 spiro atoms. The molecule has 1 aromatic heterocycles. The van der Waals surface area contributed by atoms with E-state index in [1.165, 1.54) is 6.26 Å². The van der Waals surface area contributed by atoms with E-state index in [0.29, 0.717) is 22.1 Å². The maximum Gasteiger partial charge on any atom is 0.291 e. The molecule has 0 saturated heterocycles. The summed E-state index contributed by atoms with van der Waals surface area (Å²) in [5.41, 5.74) is 2.05. The van der Waals surface area contributed by atoms with Crippen LogP contribution >= 0.6 is 11.6 Å². The monoisotopic (exact) mass is 384 g/mol. The smallest absolute Gasteiger partial charge is 0.291 e. The Morgan fingerprint density at radius 3 is 2.59 bits per heavy atom. The van der Waals surface area contributed by atoms with Gasteiger partial charge in [0.1, 0.15) is 5.75 Å². The first kappa shape index (κ1) is 18.5. The fourth-order valence-electron chi connectivity index (χ4n) is 2.28. The molecule has 2 aromatic carbocycles. The van der Waals surface area contributed by atoms with Crippen molar-refractivity contribution in [2.45, 2.75) is 6.92 Å². The van der Waals surface area contributed by atoms with Crippen LogP contribution < -0.4 is 15.4 Å². The molecule has 0 fully saturated rings. The van der Waals surface area contributed by atoms with E-state index in [1.807, 2.05) is 13.0 Å². The van der Waals surface area contributed by atoms with Crippen LogP contribution in [0.15, 0.2) is 65.3 Å². The fourth-order valence-corrected chi connectivity index (χ4v) is 2.46. The number of carbonyl (C=O) groups excluding carboxylic acids is 2. The fraction of sp³-hybridized carbons (Fsp3) is 0.100. The summed E-state index contributed by atoms with van der Waals surface area (Å²) in [4.78, 5) is 24.0. The Morgan fingerprint density at radius 2 is 1.85 bits per heavy atom. The van der Waals surface area contributed by atoms with Gasteiger partial charge in [0.05, 0.1) is 6.26 Å². The molecule has 0 atom stereocenters. The Balaban J connectivity index is 1.55. The minimum atomic E-state index is -0.369. The molecule has 0 bridgehead atoms. The van der Waals surface area contributed by atoms with Crippen LogP contribution in [0.1, 0.15) is 16.1 Å². The Labute approximate surface area is 161 Å². The molecule has 2 amide bonds. The lowest BCUT2D eigenvalue weighted by atomic mass is 10.2. The average molecular weight is 385 g/mol. The van der Waals surface area contributed by atoms with Gasteiger partial charge in [0, 0.05) is 22.5 Å². The number of rotatable bonds is 6. The van der Waals surface area contributed by atoms with Gasteiger partial charge in [0.15, 0.2) is 12.4 Å². The second-order valence-electron chi connectivity index (χ2n) is 5.76. The number of aryl methyl sites for hydroxylation is 1. The van der Waals surface area contributed by atoms with Crippen LogP contribution in [0.25, 0.3) is 0 Å². The largest absolute Gasteiger partial charge is 0.484 e. The van der Waals surface area contributed by atoms with Gasteiger partial charge in [-0.3, -0.25) is 9.59 Å². The van der Waals surface area contributed by atoms with E-state index in [1.54, 1.807) is 48.5 Å². The number of amides is 2. The standard InChI is InChI=1S/C20H17ClN2O4/c1-13-7-8-15(11-17(13)21)22-19(24)12-27-16-5-2-4-14(10-16)23-20(25)18-6-3-9-26-18/h2-11H,12H2,1H3,(H,22,24)(H,23,25). The highest BCUT2D eigenvalue weighted by atomic mass is 35.5. The number of ether oxygens (including phenoxy) is 1. The van der Waals surface area contributed by atoms with Gasteiger partial charge in [-0.1, -0.05) is 23.7 Å². The summed E-state index contributed by atoms with van der Waals surface area (Å²) < 4.78 is 10.5. The summed E-state index contributed by atoms with van der Waals surface area (Å²) >= 11 is 6.04. The number of carbonyl (C=O) groups is 2. The van der Waals surface area contributed by atoms with Crippen LogP contribution in [0.4, 0.5) is 11.4 Å². The minimum absolute atomic E-state index is 0.179. The van der Waals surface area contributed by atoms with E-state index < -0.39 is 0 Å². The van der Waals surface area contributed by atoms with Crippen molar-refractivity contribution in [3.63, 3.8) is 0 Å². The van der Waals surface area contributed by atoms with Gasteiger partial charge in [-0.15, -0.1) is 0 Å². The maximum atomic E-state index is 12.0. The molecule has 138 valence electrons. The molecule has 3 aromatic rings. The zero-order valence-electron chi connectivity index (χ0n) is 14.5. The molecule has 0 saturated carbocycles. The number of furan rings is 1. The summed E-state index contributed by atoms with van der Waals surface area (Å²) in [6.45, 7) is 1.70. The lowest BCUT2D eigenvalue weighted by Crippen LogP contribution is -2.20. The molecule has 0 aliphatic heterocycles. The van der Waals surface area contributed by atoms with Crippen LogP contribution in [-0.4, -0.2) is 18.4 Å². The quantitative estimate of drug-likeness (QED) is 0.655. The van der Waals surface area contributed by atoms with Crippen molar-refractivity contribution < 1.29 is 18.7 Å². The van der Waals surface area contributed by atoms with Crippen molar-refractivity contribution in [2.75, 3.05) is 17.2 Å². The van der Waals surface area contributed by atoms with E-state index in [0.717, 1.165) is 5.56 Å². The van der Waals surface area contributed by atoms with Gasteiger partial charge in [-0.2, -0.15) is 0 Å². The number of benzene rings is 2. The highest BCUT2D eigenvalue weighted by molar-refractivity contribution is 6.31. The lowest BCUT2D eigenvalue weighted by molar-refractivity contribution is -0.118. The Kier molecular flexibility index (Phi) is 5.78. The normalized spacial score (nSPS) is 10.3. The van der Waals surface area contributed by atoms with Crippen molar-refractivity contribution in [3.8, 4) is 5.75 Å². The molecule has 2 N–H and O–H groups in total. The first-order valence-corrected chi connectivity index (χ1v) is 8.53. The Morgan fingerprint density at radius 1 is 1.04 bits per heavy atom. The van der Waals surface area contributed by atoms with Crippen molar-refractivity contribution in [1.29, 1.82) is 0 Å². The number of hydrogen-bond donors (Lipinski definition) is 2. The highest BCUT2D eigenvalue weighted by Gasteiger charge is 2.10. The van der Waals surface area contributed by atoms with E-state index in [2.05, 4.69) is 10.6 Å². The van der Waals surface area contributed by atoms with Crippen LogP contribution in [-0.2, 0) is 4.79 Å². The number of nitrogens with one attached hydrogen (secondary N) is 2. The summed E-state index contributed by atoms with van der Waals surface area (Å²) in [5.74, 6) is -0.0344. The van der Waals surface area contributed by atoms with Crippen LogP contribution in [0.3, 0.4) is 0 Å². The Hall–Kier alpha value is -3.25. The third-order valence-corrected chi connectivity index (χ3v) is 4.07. The summed E-state index contributed by atoms with van der Waals surface area (Å²) in [7, 11) is 0. The molecule has 0 aliphatic carbocycles. The second kappa shape index (κ2) is 8.42. The van der Waals surface area contributed by atoms with Gasteiger partial charge in [-0.25, -0.2) is 0 Å².